The molecule has 3 rings (SSSR count). The molecule has 0 radical (unpaired) electrons. The lowest BCUT2D eigenvalue weighted by Gasteiger charge is -2.25. The molecule has 1 atom stereocenters. The van der Waals surface area contributed by atoms with Gasteiger partial charge in [-0.05, 0) is 24.1 Å². The Morgan fingerprint density at radius 1 is 1.00 bits per heavy atom. The third-order valence-electron chi connectivity index (χ3n) is 5.27. The van der Waals surface area contributed by atoms with Crippen molar-refractivity contribution in [2.45, 2.75) is 38.6 Å². The molecule has 2 aromatic rings. The van der Waals surface area contributed by atoms with Gasteiger partial charge in [-0.25, -0.2) is 0 Å². The standard InChI is InChI=1S/C24H27NO4/c1-3-4-5-9-16-25-21(17-12-14-19(29-2)15-13-17)20(23(27)24(25)28)22(26)18-10-7-6-8-11-18/h6-8,10-15,21,26H,3-5,9,16H2,1-2H3/b22-20+. The summed E-state index contributed by atoms with van der Waals surface area (Å²) in [7, 11) is 1.59. The van der Waals surface area contributed by atoms with Crippen LogP contribution in [0.25, 0.3) is 5.76 Å². The fourth-order valence-corrected chi connectivity index (χ4v) is 3.70. The zero-order valence-electron chi connectivity index (χ0n) is 16.9. The average Bonchev–Trinajstić information content (AvgIpc) is 3.01. The van der Waals surface area contributed by atoms with Gasteiger partial charge in [0, 0.05) is 12.1 Å². The van der Waals surface area contributed by atoms with Gasteiger partial charge in [0.05, 0.1) is 18.7 Å². The summed E-state index contributed by atoms with van der Waals surface area (Å²) in [4.78, 5) is 27.3. The molecule has 2 aromatic carbocycles. The maximum absolute atomic E-state index is 12.9. The van der Waals surface area contributed by atoms with E-state index >= 15 is 0 Å². The molecule has 29 heavy (non-hydrogen) atoms. The summed E-state index contributed by atoms with van der Waals surface area (Å²) in [6, 6.07) is 15.6. The number of benzene rings is 2. The first-order valence-electron chi connectivity index (χ1n) is 10.1. The Kier molecular flexibility index (Phi) is 6.70. The van der Waals surface area contributed by atoms with Crippen LogP contribution in [0.3, 0.4) is 0 Å². The van der Waals surface area contributed by atoms with E-state index in [1.54, 1.807) is 48.4 Å². The molecule has 0 bridgehead atoms. The Balaban J connectivity index is 2.04. The van der Waals surface area contributed by atoms with Crippen molar-refractivity contribution in [1.29, 1.82) is 0 Å². The van der Waals surface area contributed by atoms with Gasteiger partial charge in [-0.2, -0.15) is 0 Å². The number of hydrogen-bond acceptors (Lipinski definition) is 4. The second-order valence-electron chi connectivity index (χ2n) is 7.19. The molecule has 1 N–H and O–H groups in total. The van der Waals surface area contributed by atoms with Crippen LogP contribution in [0.2, 0.25) is 0 Å². The Morgan fingerprint density at radius 2 is 1.69 bits per heavy atom. The lowest BCUT2D eigenvalue weighted by molar-refractivity contribution is -0.139. The van der Waals surface area contributed by atoms with Crippen molar-refractivity contribution >= 4 is 17.4 Å². The number of nitrogens with zero attached hydrogens (tertiary/aromatic N) is 1. The molecule has 1 unspecified atom stereocenters. The number of aliphatic hydroxyl groups is 1. The van der Waals surface area contributed by atoms with E-state index < -0.39 is 17.7 Å². The van der Waals surface area contributed by atoms with Gasteiger partial charge >= 0.3 is 0 Å². The molecule has 1 heterocycles. The lowest BCUT2D eigenvalue weighted by Crippen LogP contribution is -2.30. The Hall–Kier alpha value is -3.08. The van der Waals surface area contributed by atoms with Gasteiger partial charge in [-0.3, -0.25) is 9.59 Å². The third-order valence-corrected chi connectivity index (χ3v) is 5.27. The van der Waals surface area contributed by atoms with Crippen molar-refractivity contribution in [3.63, 3.8) is 0 Å². The number of ketones is 1. The predicted molar refractivity (Wildman–Crippen MR) is 113 cm³/mol. The van der Waals surface area contributed by atoms with Crippen molar-refractivity contribution in [3.8, 4) is 5.75 Å². The molecule has 1 amide bonds. The van der Waals surface area contributed by atoms with E-state index in [-0.39, 0.29) is 11.3 Å². The molecule has 0 spiro atoms. The fourth-order valence-electron chi connectivity index (χ4n) is 3.70. The van der Waals surface area contributed by atoms with Crippen LogP contribution < -0.4 is 4.74 Å². The molecule has 1 fully saturated rings. The number of ether oxygens (including phenoxy) is 1. The molecule has 0 aliphatic carbocycles. The van der Waals surface area contributed by atoms with Crippen molar-refractivity contribution in [2.75, 3.05) is 13.7 Å². The first kappa shape index (κ1) is 20.6. The summed E-state index contributed by atoms with van der Waals surface area (Å²) in [5.74, 6) is -0.639. The van der Waals surface area contributed by atoms with Crippen molar-refractivity contribution in [2.24, 2.45) is 0 Å². The van der Waals surface area contributed by atoms with Crippen LogP contribution in [-0.2, 0) is 9.59 Å². The first-order valence-corrected chi connectivity index (χ1v) is 10.1. The monoisotopic (exact) mass is 393 g/mol. The van der Waals surface area contributed by atoms with Crippen LogP contribution in [0.1, 0.15) is 49.8 Å². The maximum Gasteiger partial charge on any atom is 0.295 e. The lowest BCUT2D eigenvalue weighted by atomic mass is 9.95. The van der Waals surface area contributed by atoms with Crippen LogP contribution in [-0.4, -0.2) is 35.4 Å². The summed E-state index contributed by atoms with van der Waals surface area (Å²) in [6.45, 7) is 2.61. The summed E-state index contributed by atoms with van der Waals surface area (Å²) in [5, 5.41) is 10.9. The van der Waals surface area contributed by atoms with E-state index in [0.717, 1.165) is 31.2 Å². The Labute approximate surface area is 171 Å². The largest absolute Gasteiger partial charge is 0.507 e. The Morgan fingerprint density at radius 3 is 2.31 bits per heavy atom. The van der Waals surface area contributed by atoms with Crippen LogP contribution in [0, 0.1) is 0 Å². The second kappa shape index (κ2) is 9.41. The topological polar surface area (TPSA) is 66.8 Å². The van der Waals surface area contributed by atoms with Gasteiger partial charge in [0.25, 0.3) is 11.7 Å². The van der Waals surface area contributed by atoms with Crippen molar-refractivity contribution < 1.29 is 19.4 Å². The number of aliphatic hydroxyl groups excluding tert-OH is 1. The van der Waals surface area contributed by atoms with Gasteiger partial charge in [-0.1, -0.05) is 68.7 Å². The molecule has 0 aromatic heterocycles. The highest BCUT2D eigenvalue weighted by molar-refractivity contribution is 6.46. The number of methoxy groups -OCH3 is 1. The summed E-state index contributed by atoms with van der Waals surface area (Å²) in [5.41, 5.74) is 1.44. The van der Waals surface area contributed by atoms with E-state index in [2.05, 4.69) is 6.92 Å². The summed E-state index contributed by atoms with van der Waals surface area (Å²) in [6.07, 6.45) is 3.99. The molecule has 5 heteroatoms. The first-order chi connectivity index (χ1) is 14.1. The summed E-state index contributed by atoms with van der Waals surface area (Å²) >= 11 is 0. The van der Waals surface area contributed by atoms with Gasteiger partial charge in [0.2, 0.25) is 0 Å². The molecule has 5 nitrogen and oxygen atoms in total. The van der Waals surface area contributed by atoms with Gasteiger partial charge in [0.1, 0.15) is 11.5 Å². The number of unbranched alkanes of at least 4 members (excludes halogenated alkanes) is 3. The number of carbonyl (C=O) groups is 2. The van der Waals surface area contributed by atoms with Crippen molar-refractivity contribution in [3.05, 3.63) is 71.3 Å². The predicted octanol–water partition coefficient (Wildman–Crippen LogP) is 4.70. The summed E-state index contributed by atoms with van der Waals surface area (Å²) < 4.78 is 5.23. The number of rotatable bonds is 8. The molecule has 0 saturated carbocycles. The van der Waals surface area contributed by atoms with E-state index in [1.807, 2.05) is 18.2 Å². The highest BCUT2D eigenvalue weighted by Gasteiger charge is 2.45. The number of amides is 1. The Bertz CT molecular complexity index is 887. The minimum Gasteiger partial charge on any atom is -0.507 e. The fraction of sp³-hybridized carbons (Fsp3) is 0.333. The van der Waals surface area contributed by atoms with E-state index in [0.29, 0.717) is 17.9 Å². The normalized spacial score (nSPS) is 18.3. The quantitative estimate of drug-likeness (QED) is 0.306. The smallest absolute Gasteiger partial charge is 0.295 e. The number of likely N-dealkylation sites (tertiary alicyclic amines) is 1. The van der Waals surface area contributed by atoms with Crippen LogP contribution in [0.4, 0.5) is 0 Å². The zero-order valence-corrected chi connectivity index (χ0v) is 16.9. The maximum atomic E-state index is 12.9. The van der Waals surface area contributed by atoms with Gasteiger partial charge < -0.3 is 14.7 Å². The van der Waals surface area contributed by atoms with Crippen molar-refractivity contribution in [1.82, 2.24) is 4.90 Å². The highest BCUT2D eigenvalue weighted by atomic mass is 16.5. The molecular weight excluding hydrogens is 366 g/mol. The zero-order chi connectivity index (χ0) is 20.8. The van der Waals surface area contributed by atoms with Gasteiger partial charge in [0.15, 0.2) is 0 Å². The molecular formula is C24H27NO4. The van der Waals surface area contributed by atoms with Crippen LogP contribution in [0.15, 0.2) is 60.2 Å². The van der Waals surface area contributed by atoms with E-state index in [9.17, 15) is 14.7 Å². The van der Waals surface area contributed by atoms with Crippen LogP contribution >= 0.6 is 0 Å². The SMILES string of the molecule is CCCCCCN1C(=O)C(=O)/C(=C(/O)c2ccccc2)C1c1ccc(OC)cc1. The average molecular weight is 393 g/mol. The second-order valence-corrected chi connectivity index (χ2v) is 7.19. The molecule has 1 aliphatic rings. The number of carbonyl (C=O) groups excluding carboxylic acids is 2. The van der Waals surface area contributed by atoms with E-state index in [4.69, 9.17) is 4.74 Å². The minimum absolute atomic E-state index is 0.138. The van der Waals surface area contributed by atoms with Crippen LogP contribution in [0.5, 0.6) is 5.75 Å². The molecule has 1 aliphatic heterocycles. The minimum atomic E-state index is -0.636. The van der Waals surface area contributed by atoms with Gasteiger partial charge in [-0.15, -0.1) is 0 Å². The number of Topliss-reactive ketones (excluding diaryl/α,β-unsaturated/α-hetero) is 1. The van der Waals surface area contributed by atoms with E-state index in [1.165, 1.54) is 0 Å². The third kappa shape index (κ3) is 4.34. The number of hydrogen-bond donors (Lipinski definition) is 1. The highest BCUT2D eigenvalue weighted by Crippen LogP contribution is 2.39. The molecule has 152 valence electrons. The molecule has 1 saturated heterocycles.